The van der Waals surface area contributed by atoms with Gasteiger partial charge in [-0.05, 0) is 82.3 Å². The SMILES string of the molecule is CCN(C(=O)c1cc2ncccc2[nH]1)[C@H]1CCC[C@@H](NC(C)(C)c2ccc(OC)cc2)C1. The lowest BCUT2D eigenvalue weighted by molar-refractivity contribution is 0.0614. The van der Waals surface area contributed by atoms with Gasteiger partial charge in [0.15, 0.2) is 0 Å². The molecular formula is C26H34N4O2. The van der Waals surface area contributed by atoms with Crippen molar-refractivity contribution in [1.29, 1.82) is 0 Å². The molecule has 1 amide bonds. The summed E-state index contributed by atoms with van der Waals surface area (Å²) in [6.45, 7) is 7.20. The van der Waals surface area contributed by atoms with Gasteiger partial charge in [0.25, 0.3) is 5.91 Å². The average molecular weight is 435 g/mol. The minimum Gasteiger partial charge on any atom is -0.497 e. The van der Waals surface area contributed by atoms with E-state index in [0.717, 1.165) is 42.5 Å². The fourth-order valence-corrected chi connectivity index (χ4v) is 4.97. The molecule has 0 unspecified atom stereocenters. The van der Waals surface area contributed by atoms with Gasteiger partial charge in [-0.2, -0.15) is 0 Å². The van der Waals surface area contributed by atoms with Crippen LogP contribution in [0.2, 0.25) is 0 Å². The van der Waals surface area contributed by atoms with Gasteiger partial charge >= 0.3 is 0 Å². The molecule has 0 spiro atoms. The third kappa shape index (κ3) is 4.65. The lowest BCUT2D eigenvalue weighted by Crippen LogP contribution is -2.51. The lowest BCUT2D eigenvalue weighted by atomic mass is 9.86. The third-order valence-electron chi connectivity index (χ3n) is 6.68. The summed E-state index contributed by atoms with van der Waals surface area (Å²) in [5.41, 5.74) is 3.42. The molecule has 1 saturated carbocycles. The number of aromatic nitrogens is 2. The summed E-state index contributed by atoms with van der Waals surface area (Å²) in [6.07, 6.45) is 5.98. The van der Waals surface area contributed by atoms with Crippen molar-refractivity contribution >= 4 is 16.9 Å². The summed E-state index contributed by atoms with van der Waals surface area (Å²) < 4.78 is 5.30. The maximum Gasteiger partial charge on any atom is 0.270 e. The second kappa shape index (κ2) is 9.33. The van der Waals surface area contributed by atoms with E-state index >= 15 is 0 Å². The summed E-state index contributed by atoms with van der Waals surface area (Å²) >= 11 is 0. The Kier molecular flexibility index (Phi) is 6.51. The zero-order valence-electron chi connectivity index (χ0n) is 19.5. The highest BCUT2D eigenvalue weighted by molar-refractivity contribution is 5.97. The number of rotatable bonds is 7. The Balaban J connectivity index is 1.46. The second-order valence-corrected chi connectivity index (χ2v) is 9.23. The van der Waals surface area contributed by atoms with Crippen molar-refractivity contribution in [1.82, 2.24) is 20.2 Å². The number of methoxy groups -OCH3 is 1. The van der Waals surface area contributed by atoms with Crippen LogP contribution in [0.3, 0.4) is 0 Å². The molecule has 2 atom stereocenters. The van der Waals surface area contributed by atoms with Gasteiger partial charge in [0, 0.05) is 30.4 Å². The monoisotopic (exact) mass is 434 g/mol. The normalized spacial score (nSPS) is 19.1. The fourth-order valence-electron chi connectivity index (χ4n) is 4.97. The van der Waals surface area contributed by atoms with Gasteiger partial charge < -0.3 is 19.9 Å². The number of carbonyl (C=O) groups is 1. The largest absolute Gasteiger partial charge is 0.497 e. The van der Waals surface area contributed by atoms with Crippen LogP contribution in [0.25, 0.3) is 11.0 Å². The van der Waals surface area contributed by atoms with E-state index in [9.17, 15) is 4.79 Å². The molecule has 0 saturated heterocycles. The maximum absolute atomic E-state index is 13.4. The number of pyridine rings is 1. The quantitative estimate of drug-likeness (QED) is 0.557. The number of nitrogens with one attached hydrogen (secondary N) is 2. The van der Waals surface area contributed by atoms with Gasteiger partial charge in [-0.1, -0.05) is 12.1 Å². The van der Waals surface area contributed by atoms with Crippen LogP contribution in [-0.2, 0) is 5.54 Å². The average Bonchev–Trinajstić information content (AvgIpc) is 3.24. The molecule has 1 aliphatic rings. The second-order valence-electron chi connectivity index (χ2n) is 9.23. The van der Waals surface area contributed by atoms with Crippen molar-refractivity contribution in [2.45, 2.75) is 64.1 Å². The molecule has 0 radical (unpaired) electrons. The maximum atomic E-state index is 13.4. The molecule has 0 aliphatic heterocycles. The van der Waals surface area contributed by atoms with Crippen LogP contribution in [0.1, 0.15) is 62.5 Å². The van der Waals surface area contributed by atoms with Crippen LogP contribution >= 0.6 is 0 Å². The molecule has 4 rings (SSSR count). The highest BCUT2D eigenvalue weighted by Crippen LogP contribution is 2.29. The molecule has 1 aromatic carbocycles. The molecular weight excluding hydrogens is 400 g/mol. The van der Waals surface area contributed by atoms with E-state index < -0.39 is 0 Å². The van der Waals surface area contributed by atoms with Crippen molar-refractivity contribution in [2.24, 2.45) is 0 Å². The Labute approximate surface area is 190 Å². The molecule has 1 aliphatic carbocycles. The van der Waals surface area contributed by atoms with Crippen LogP contribution in [0, 0.1) is 0 Å². The lowest BCUT2D eigenvalue weighted by Gasteiger charge is -2.40. The number of aromatic amines is 1. The molecule has 2 aromatic heterocycles. The van der Waals surface area contributed by atoms with E-state index in [4.69, 9.17) is 4.74 Å². The van der Waals surface area contributed by atoms with Crippen molar-refractivity contribution in [3.8, 4) is 5.75 Å². The predicted molar refractivity (Wildman–Crippen MR) is 128 cm³/mol. The number of ether oxygens (including phenoxy) is 1. The molecule has 32 heavy (non-hydrogen) atoms. The van der Waals surface area contributed by atoms with E-state index in [1.54, 1.807) is 13.3 Å². The molecule has 3 aromatic rings. The van der Waals surface area contributed by atoms with Gasteiger partial charge in [0.05, 0.1) is 18.1 Å². The first-order valence-corrected chi connectivity index (χ1v) is 11.6. The number of amides is 1. The van der Waals surface area contributed by atoms with Crippen molar-refractivity contribution in [2.75, 3.05) is 13.7 Å². The standard InChI is InChI=1S/C26H34N4O2/c1-5-30(25(31)24-17-23-22(28-24)10-7-15-27-23)20-9-6-8-19(16-20)29-26(2,3)18-11-13-21(32-4)14-12-18/h7,10-15,17,19-20,28-29H,5-6,8-9,16H2,1-4H3/t19-,20+/m1/s1. The van der Waals surface area contributed by atoms with Crippen LogP contribution in [0.15, 0.2) is 48.7 Å². The molecule has 2 N–H and O–H groups in total. The zero-order valence-corrected chi connectivity index (χ0v) is 19.5. The van der Waals surface area contributed by atoms with Crippen molar-refractivity contribution in [3.05, 3.63) is 59.9 Å². The summed E-state index contributed by atoms with van der Waals surface area (Å²) in [5, 5.41) is 3.86. The number of fused-ring (bicyclic) bond motifs is 1. The minimum atomic E-state index is -0.164. The van der Waals surface area contributed by atoms with E-state index in [2.05, 4.69) is 48.2 Å². The van der Waals surface area contributed by atoms with Crippen LogP contribution < -0.4 is 10.1 Å². The van der Waals surface area contributed by atoms with Gasteiger partial charge in [-0.3, -0.25) is 9.78 Å². The van der Waals surface area contributed by atoms with E-state index in [1.165, 1.54) is 5.56 Å². The number of hydrogen-bond donors (Lipinski definition) is 2. The Morgan fingerprint density at radius 3 is 2.72 bits per heavy atom. The van der Waals surface area contributed by atoms with Crippen molar-refractivity contribution in [3.63, 3.8) is 0 Å². The summed E-state index contributed by atoms with van der Waals surface area (Å²) in [7, 11) is 1.69. The predicted octanol–water partition coefficient (Wildman–Crippen LogP) is 4.87. The summed E-state index contributed by atoms with van der Waals surface area (Å²) in [4.78, 5) is 23.0. The molecule has 1 fully saturated rings. The summed E-state index contributed by atoms with van der Waals surface area (Å²) in [5.74, 6) is 0.928. The van der Waals surface area contributed by atoms with Crippen LogP contribution in [0.5, 0.6) is 5.75 Å². The zero-order chi connectivity index (χ0) is 22.7. The number of hydrogen-bond acceptors (Lipinski definition) is 4. The van der Waals surface area contributed by atoms with Crippen LogP contribution in [-0.4, -0.2) is 46.5 Å². The highest BCUT2D eigenvalue weighted by Gasteiger charge is 2.33. The number of carbonyl (C=O) groups excluding carboxylic acids is 1. The third-order valence-corrected chi connectivity index (χ3v) is 6.68. The van der Waals surface area contributed by atoms with E-state index in [1.807, 2.05) is 35.2 Å². The first-order chi connectivity index (χ1) is 15.4. The number of nitrogens with zero attached hydrogens (tertiary/aromatic N) is 2. The molecule has 0 bridgehead atoms. The van der Waals surface area contributed by atoms with Gasteiger partial charge in [-0.15, -0.1) is 0 Å². The minimum absolute atomic E-state index is 0.0607. The van der Waals surface area contributed by atoms with Crippen LogP contribution in [0.4, 0.5) is 0 Å². The Hall–Kier alpha value is -2.86. The smallest absolute Gasteiger partial charge is 0.270 e. The molecule has 6 heteroatoms. The topological polar surface area (TPSA) is 70.2 Å². The highest BCUT2D eigenvalue weighted by atomic mass is 16.5. The first kappa shape index (κ1) is 22.3. The molecule has 170 valence electrons. The molecule has 6 nitrogen and oxygen atoms in total. The first-order valence-electron chi connectivity index (χ1n) is 11.6. The van der Waals surface area contributed by atoms with Crippen molar-refractivity contribution < 1.29 is 9.53 Å². The van der Waals surface area contributed by atoms with E-state index in [0.29, 0.717) is 18.3 Å². The van der Waals surface area contributed by atoms with Gasteiger partial charge in [0.1, 0.15) is 11.4 Å². The number of benzene rings is 1. The Bertz CT molecular complexity index is 1020. The Morgan fingerprint density at radius 2 is 2.03 bits per heavy atom. The molecule has 2 heterocycles. The van der Waals surface area contributed by atoms with Gasteiger partial charge in [0.2, 0.25) is 0 Å². The number of H-pyrrole nitrogens is 1. The Morgan fingerprint density at radius 1 is 1.25 bits per heavy atom. The fraction of sp³-hybridized carbons (Fsp3) is 0.462. The van der Waals surface area contributed by atoms with E-state index in [-0.39, 0.29) is 17.5 Å². The van der Waals surface area contributed by atoms with Gasteiger partial charge in [-0.25, -0.2) is 0 Å². The summed E-state index contributed by atoms with van der Waals surface area (Å²) in [6, 6.07) is 14.6.